The molecule has 2 atom stereocenters. The van der Waals surface area contributed by atoms with Gasteiger partial charge in [0.2, 0.25) is 17.7 Å². The van der Waals surface area contributed by atoms with Crippen molar-refractivity contribution in [2.24, 2.45) is 5.41 Å². The van der Waals surface area contributed by atoms with Crippen molar-refractivity contribution in [1.82, 2.24) is 20.1 Å². The van der Waals surface area contributed by atoms with E-state index < -0.39 is 23.0 Å². The molecular formula is C35H40N6O5. The Hall–Kier alpha value is -4.77. The van der Waals surface area contributed by atoms with E-state index in [0.717, 1.165) is 27.8 Å². The summed E-state index contributed by atoms with van der Waals surface area (Å²) in [5.41, 5.74) is 3.74. The van der Waals surface area contributed by atoms with E-state index in [-0.39, 0.29) is 30.8 Å². The van der Waals surface area contributed by atoms with Crippen LogP contribution in [-0.4, -0.2) is 69.9 Å². The maximum atomic E-state index is 14.3. The molecule has 1 aliphatic carbocycles. The van der Waals surface area contributed by atoms with Crippen LogP contribution in [0.1, 0.15) is 54.5 Å². The smallest absolute Gasteiger partial charge is 0.407 e. The molecule has 0 bridgehead atoms. The number of amides is 4. The van der Waals surface area contributed by atoms with Crippen molar-refractivity contribution in [3.05, 3.63) is 88.6 Å². The molecule has 2 aliphatic heterocycles. The van der Waals surface area contributed by atoms with E-state index in [2.05, 4.69) is 20.9 Å². The van der Waals surface area contributed by atoms with Crippen LogP contribution >= 0.6 is 0 Å². The number of carboxylic acid groups (broad SMARTS) is 1. The molecular weight excluding hydrogens is 584 g/mol. The summed E-state index contributed by atoms with van der Waals surface area (Å²) in [4.78, 5) is 60.0. The highest BCUT2D eigenvalue weighted by atomic mass is 16.4. The number of fused-ring (bicyclic) bond motifs is 3. The fourth-order valence-electron chi connectivity index (χ4n) is 7.03. The van der Waals surface area contributed by atoms with Crippen LogP contribution in [0, 0.1) is 5.41 Å². The molecule has 0 radical (unpaired) electrons. The molecule has 0 saturated carbocycles. The minimum Gasteiger partial charge on any atom is -0.465 e. The Morgan fingerprint density at radius 3 is 2.41 bits per heavy atom. The molecule has 4 amide bonds. The average molecular weight is 625 g/mol. The van der Waals surface area contributed by atoms with Gasteiger partial charge >= 0.3 is 6.09 Å². The number of rotatable bonds is 8. The largest absolute Gasteiger partial charge is 0.465 e. The molecule has 1 spiro atoms. The van der Waals surface area contributed by atoms with E-state index in [9.17, 15) is 24.3 Å². The SMILES string of the molecule is C[C@H](C(=O)Nc1ccc2c(c1)C[C@@]1(C2)C(=O)Nc2ncccc21)N(Cc1ccccc1CN(C)C(=O)O)C(=O)C1(C)CCNCC1. The zero-order valence-corrected chi connectivity index (χ0v) is 26.4. The Balaban J connectivity index is 1.24. The summed E-state index contributed by atoms with van der Waals surface area (Å²) in [6, 6.07) is 16.1. The molecule has 240 valence electrons. The molecule has 46 heavy (non-hydrogen) atoms. The Kier molecular flexibility index (Phi) is 8.28. The highest BCUT2D eigenvalue weighted by Crippen LogP contribution is 2.47. The first-order valence-electron chi connectivity index (χ1n) is 15.7. The van der Waals surface area contributed by atoms with Gasteiger partial charge in [0.25, 0.3) is 0 Å². The van der Waals surface area contributed by atoms with E-state index in [4.69, 9.17) is 0 Å². The van der Waals surface area contributed by atoms with Gasteiger partial charge < -0.3 is 30.9 Å². The lowest BCUT2D eigenvalue weighted by atomic mass is 9.79. The lowest BCUT2D eigenvalue weighted by Crippen LogP contribution is -2.53. The number of piperidine rings is 1. The minimum absolute atomic E-state index is 0.0630. The molecule has 1 fully saturated rings. The first-order chi connectivity index (χ1) is 22.0. The topological polar surface area (TPSA) is 144 Å². The van der Waals surface area contributed by atoms with E-state index in [1.807, 2.05) is 61.5 Å². The van der Waals surface area contributed by atoms with Crippen molar-refractivity contribution >= 4 is 35.3 Å². The summed E-state index contributed by atoms with van der Waals surface area (Å²) < 4.78 is 0. The zero-order valence-electron chi connectivity index (χ0n) is 26.4. The maximum Gasteiger partial charge on any atom is 0.407 e. The van der Waals surface area contributed by atoms with Gasteiger partial charge in [0.15, 0.2) is 0 Å². The van der Waals surface area contributed by atoms with Gasteiger partial charge in [-0.15, -0.1) is 0 Å². The molecule has 1 saturated heterocycles. The first kappa shape index (κ1) is 31.2. The number of benzene rings is 2. The number of carbonyl (C=O) groups excluding carboxylic acids is 3. The number of carbonyl (C=O) groups is 4. The highest BCUT2D eigenvalue weighted by molar-refractivity contribution is 6.06. The normalized spacial score (nSPS) is 19.9. The van der Waals surface area contributed by atoms with Gasteiger partial charge in [-0.3, -0.25) is 14.4 Å². The molecule has 2 aromatic carbocycles. The molecule has 3 aliphatic rings. The van der Waals surface area contributed by atoms with Gasteiger partial charge in [0.05, 0.1) is 5.41 Å². The van der Waals surface area contributed by atoms with Gasteiger partial charge in [0.1, 0.15) is 11.9 Å². The van der Waals surface area contributed by atoms with Crippen LogP contribution in [0.25, 0.3) is 0 Å². The molecule has 1 aromatic heterocycles. The predicted octanol–water partition coefficient (Wildman–Crippen LogP) is 3.93. The second kappa shape index (κ2) is 12.2. The van der Waals surface area contributed by atoms with Crippen molar-refractivity contribution in [3.8, 4) is 0 Å². The van der Waals surface area contributed by atoms with E-state index >= 15 is 0 Å². The van der Waals surface area contributed by atoms with Crippen LogP contribution in [0.2, 0.25) is 0 Å². The fraction of sp³-hybridized carbons (Fsp3) is 0.400. The van der Waals surface area contributed by atoms with Crippen LogP contribution in [0.15, 0.2) is 60.8 Å². The van der Waals surface area contributed by atoms with E-state index in [0.29, 0.717) is 50.3 Å². The third kappa shape index (κ3) is 5.71. The highest BCUT2D eigenvalue weighted by Gasteiger charge is 2.51. The average Bonchev–Trinajstić information content (AvgIpc) is 3.56. The van der Waals surface area contributed by atoms with Crippen LogP contribution in [0.4, 0.5) is 16.3 Å². The summed E-state index contributed by atoms with van der Waals surface area (Å²) >= 11 is 0. The Labute approximate surface area is 268 Å². The summed E-state index contributed by atoms with van der Waals surface area (Å²) in [5, 5.41) is 18.7. The number of nitrogens with zero attached hydrogens (tertiary/aromatic N) is 3. The molecule has 3 heterocycles. The lowest BCUT2D eigenvalue weighted by molar-refractivity contribution is -0.148. The Morgan fingerprint density at radius 1 is 1.00 bits per heavy atom. The second-order valence-corrected chi connectivity index (χ2v) is 13.1. The molecule has 6 rings (SSSR count). The summed E-state index contributed by atoms with van der Waals surface area (Å²) in [7, 11) is 1.50. The number of hydrogen-bond acceptors (Lipinski definition) is 6. The summed E-state index contributed by atoms with van der Waals surface area (Å²) in [6.07, 6.45) is 2.99. The van der Waals surface area contributed by atoms with Crippen LogP contribution in [0.5, 0.6) is 0 Å². The zero-order chi connectivity index (χ0) is 32.6. The monoisotopic (exact) mass is 624 g/mol. The van der Waals surface area contributed by atoms with Crippen molar-refractivity contribution < 1.29 is 24.3 Å². The number of aromatic nitrogens is 1. The summed E-state index contributed by atoms with van der Waals surface area (Å²) in [6.45, 7) is 5.44. The van der Waals surface area contributed by atoms with Gasteiger partial charge in [-0.1, -0.05) is 43.3 Å². The number of pyridine rings is 1. The molecule has 4 N–H and O–H groups in total. The molecule has 11 nitrogen and oxygen atoms in total. The van der Waals surface area contributed by atoms with Crippen LogP contribution in [-0.2, 0) is 45.7 Å². The van der Waals surface area contributed by atoms with Gasteiger partial charge in [-0.2, -0.15) is 0 Å². The fourth-order valence-corrected chi connectivity index (χ4v) is 7.03. The molecule has 0 unspecified atom stereocenters. The van der Waals surface area contributed by atoms with E-state index in [1.54, 1.807) is 18.0 Å². The molecule has 11 heteroatoms. The second-order valence-electron chi connectivity index (χ2n) is 13.1. The van der Waals surface area contributed by atoms with E-state index in [1.165, 1.54) is 11.9 Å². The van der Waals surface area contributed by atoms with Crippen molar-refractivity contribution in [3.63, 3.8) is 0 Å². The van der Waals surface area contributed by atoms with Gasteiger partial charge in [-0.25, -0.2) is 9.78 Å². The minimum atomic E-state index is -1.05. The van der Waals surface area contributed by atoms with Crippen molar-refractivity contribution in [2.45, 2.75) is 64.1 Å². The third-order valence-electron chi connectivity index (χ3n) is 9.97. The Morgan fingerprint density at radius 2 is 1.70 bits per heavy atom. The number of hydrogen-bond donors (Lipinski definition) is 4. The van der Waals surface area contributed by atoms with Crippen LogP contribution < -0.4 is 16.0 Å². The maximum absolute atomic E-state index is 14.3. The number of nitrogens with one attached hydrogen (secondary N) is 3. The first-order valence-corrected chi connectivity index (χ1v) is 15.7. The Bertz CT molecular complexity index is 1700. The van der Waals surface area contributed by atoms with Crippen molar-refractivity contribution in [1.29, 1.82) is 0 Å². The lowest BCUT2D eigenvalue weighted by Gasteiger charge is -2.40. The predicted molar refractivity (Wildman–Crippen MR) is 173 cm³/mol. The number of anilines is 2. The van der Waals surface area contributed by atoms with Gasteiger partial charge in [0, 0.05) is 43.0 Å². The summed E-state index contributed by atoms with van der Waals surface area (Å²) in [5.74, 6) is 0.110. The third-order valence-corrected chi connectivity index (χ3v) is 9.97. The standard InChI is InChI=1S/C35H40N6O5/c1-22(30(42)38-27-11-10-23-18-35(19-26(23)17-27)28-9-6-14-37-29(28)39-31(35)43)41(32(44)34(2)12-15-36-16-13-34)21-25-8-5-4-7-24(25)20-40(3)33(45)46/h4-11,14,17,22,36H,12-13,15-16,18-21H2,1-3H3,(H,38,42)(H,45,46)(H,37,39,43)/t22-,35-/m1/s1. The van der Waals surface area contributed by atoms with Crippen molar-refractivity contribution in [2.75, 3.05) is 30.8 Å². The van der Waals surface area contributed by atoms with Crippen LogP contribution in [0.3, 0.4) is 0 Å². The molecule has 3 aromatic rings. The van der Waals surface area contributed by atoms with Gasteiger partial charge in [-0.05, 0) is 86.1 Å². The quantitative estimate of drug-likeness (QED) is 0.297.